The molecule has 9 nitrogen and oxygen atoms in total. The molecule has 2 aromatic rings. The van der Waals surface area contributed by atoms with Crippen molar-refractivity contribution in [2.45, 2.75) is 52.1 Å². The number of aromatic nitrogens is 5. The topological polar surface area (TPSA) is 87.4 Å². The molecule has 28 heavy (non-hydrogen) atoms. The Bertz CT molecular complexity index is 804. The molecule has 0 spiro atoms. The van der Waals surface area contributed by atoms with Crippen LogP contribution in [0.5, 0.6) is 0 Å². The predicted octanol–water partition coefficient (Wildman–Crippen LogP) is 1.32. The molecular formula is C18H29N9S. The highest BCUT2D eigenvalue weighted by Crippen LogP contribution is 2.19. The predicted molar refractivity (Wildman–Crippen MR) is 111 cm³/mol. The summed E-state index contributed by atoms with van der Waals surface area (Å²) in [6.07, 6.45) is 5.62. The molecule has 1 saturated heterocycles. The maximum absolute atomic E-state index is 4.61. The number of anilines is 1. The number of hydrogen-bond donors (Lipinski definition) is 1. The minimum Gasteiger partial charge on any atom is -0.349 e. The number of fused-ring (bicyclic) bond motifs is 1. The Morgan fingerprint density at radius 1 is 1.11 bits per heavy atom. The van der Waals surface area contributed by atoms with Crippen molar-refractivity contribution in [3.63, 3.8) is 0 Å². The molecular weight excluding hydrogens is 374 g/mol. The zero-order valence-corrected chi connectivity index (χ0v) is 17.6. The fourth-order valence-electron chi connectivity index (χ4n) is 3.79. The Morgan fingerprint density at radius 3 is 2.71 bits per heavy atom. The average molecular weight is 404 g/mol. The molecule has 0 aromatic carbocycles. The van der Waals surface area contributed by atoms with Crippen molar-refractivity contribution in [1.29, 1.82) is 0 Å². The molecule has 2 aliphatic rings. The van der Waals surface area contributed by atoms with Crippen LogP contribution >= 0.6 is 11.5 Å². The van der Waals surface area contributed by atoms with Gasteiger partial charge in [0.1, 0.15) is 11.6 Å². The summed E-state index contributed by atoms with van der Waals surface area (Å²) in [5.41, 5.74) is 0. The van der Waals surface area contributed by atoms with E-state index in [0.29, 0.717) is 6.54 Å². The summed E-state index contributed by atoms with van der Waals surface area (Å²) < 4.78 is 6.69. The van der Waals surface area contributed by atoms with E-state index in [1.165, 1.54) is 30.8 Å². The fraction of sp³-hybridized carbons (Fsp3) is 0.722. The Morgan fingerprint density at radius 2 is 1.96 bits per heavy atom. The van der Waals surface area contributed by atoms with Crippen LogP contribution in [0, 0.1) is 0 Å². The van der Waals surface area contributed by atoms with E-state index in [9.17, 15) is 0 Å². The van der Waals surface area contributed by atoms with Crippen LogP contribution in [0.4, 0.5) is 5.13 Å². The first kappa shape index (κ1) is 19.1. The van der Waals surface area contributed by atoms with E-state index in [2.05, 4.69) is 51.2 Å². The Balaban J connectivity index is 1.32. The maximum Gasteiger partial charge on any atom is 0.205 e. The summed E-state index contributed by atoms with van der Waals surface area (Å²) in [5.74, 6) is 4.00. The number of hydrogen-bond acceptors (Lipinski definition) is 7. The van der Waals surface area contributed by atoms with Gasteiger partial charge in [0, 0.05) is 64.1 Å². The molecule has 0 unspecified atom stereocenters. The summed E-state index contributed by atoms with van der Waals surface area (Å²) in [6.45, 7) is 7.47. The normalized spacial score (nSPS) is 18.1. The molecule has 1 fully saturated rings. The highest BCUT2D eigenvalue weighted by atomic mass is 32.1. The number of piperazine rings is 1. The third kappa shape index (κ3) is 4.11. The Labute approximate surface area is 170 Å². The zero-order valence-electron chi connectivity index (χ0n) is 16.8. The number of rotatable bonds is 4. The first-order valence-electron chi connectivity index (χ1n) is 10.2. The molecule has 1 N–H and O–H groups in total. The molecule has 0 amide bonds. The van der Waals surface area contributed by atoms with Gasteiger partial charge in [-0.25, -0.2) is 4.98 Å². The number of nitrogens with zero attached hydrogens (tertiary/aromatic N) is 8. The molecule has 0 aliphatic carbocycles. The van der Waals surface area contributed by atoms with E-state index in [0.717, 1.165) is 74.1 Å². The lowest BCUT2D eigenvalue weighted by molar-refractivity contribution is 0.371. The summed E-state index contributed by atoms with van der Waals surface area (Å²) in [6, 6.07) is 0. The van der Waals surface area contributed by atoms with Crippen LogP contribution in [0.25, 0.3) is 0 Å². The van der Waals surface area contributed by atoms with Crippen LogP contribution < -0.4 is 10.2 Å². The second-order valence-corrected chi connectivity index (χ2v) is 7.95. The minimum atomic E-state index is 0.663. The van der Waals surface area contributed by atoms with Crippen molar-refractivity contribution in [3.8, 4) is 0 Å². The van der Waals surface area contributed by atoms with E-state index < -0.39 is 0 Å². The van der Waals surface area contributed by atoms with Gasteiger partial charge in [0.15, 0.2) is 11.8 Å². The highest BCUT2D eigenvalue weighted by molar-refractivity contribution is 7.09. The van der Waals surface area contributed by atoms with Gasteiger partial charge in [-0.1, -0.05) is 13.3 Å². The van der Waals surface area contributed by atoms with E-state index >= 15 is 0 Å². The second kappa shape index (κ2) is 8.85. The standard InChI is InChI=1S/C18H29N9S/c1-3-14-21-18(28-24-14)26-11-9-25(10-12-26)17(19-2)20-13-16-23-22-15-7-5-4-6-8-27(15)16/h3-13H2,1-2H3,(H,19,20). The highest BCUT2D eigenvalue weighted by Gasteiger charge is 2.22. The smallest absolute Gasteiger partial charge is 0.205 e. The molecule has 4 rings (SSSR count). The summed E-state index contributed by atoms with van der Waals surface area (Å²) in [7, 11) is 1.84. The number of nitrogens with one attached hydrogen (secondary N) is 1. The third-order valence-corrected chi connectivity index (χ3v) is 6.24. The minimum absolute atomic E-state index is 0.663. The Hall–Kier alpha value is -2.23. The van der Waals surface area contributed by atoms with Crippen LogP contribution in [0.3, 0.4) is 0 Å². The van der Waals surface area contributed by atoms with Crippen molar-refractivity contribution in [2.75, 3.05) is 38.1 Å². The fourth-order valence-corrected chi connectivity index (χ4v) is 4.59. The Kier molecular flexibility index (Phi) is 6.04. The monoisotopic (exact) mass is 403 g/mol. The molecule has 0 atom stereocenters. The van der Waals surface area contributed by atoms with Gasteiger partial charge in [-0.05, 0) is 12.8 Å². The molecule has 2 aliphatic heterocycles. The number of guanidine groups is 1. The number of aliphatic imine (C=N–C) groups is 1. The van der Waals surface area contributed by atoms with Crippen LogP contribution in [0.15, 0.2) is 4.99 Å². The lowest BCUT2D eigenvalue weighted by Gasteiger charge is -2.36. The van der Waals surface area contributed by atoms with Crippen LogP contribution in [-0.4, -0.2) is 68.2 Å². The second-order valence-electron chi connectivity index (χ2n) is 7.22. The maximum atomic E-state index is 4.61. The molecule has 152 valence electrons. The van der Waals surface area contributed by atoms with Crippen LogP contribution in [0.2, 0.25) is 0 Å². The molecule has 0 saturated carbocycles. The van der Waals surface area contributed by atoms with E-state index in [4.69, 9.17) is 0 Å². The van der Waals surface area contributed by atoms with E-state index in [-0.39, 0.29) is 0 Å². The molecule has 0 bridgehead atoms. The third-order valence-electron chi connectivity index (χ3n) is 5.43. The van der Waals surface area contributed by atoms with Crippen molar-refractivity contribution < 1.29 is 0 Å². The first-order chi connectivity index (χ1) is 13.8. The van der Waals surface area contributed by atoms with Crippen LogP contribution in [0.1, 0.15) is 43.7 Å². The van der Waals surface area contributed by atoms with Crippen molar-refractivity contribution in [1.82, 2.24) is 34.3 Å². The van der Waals surface area contributed by atoms with Crippen molar-refractivity contribution >= 4 is 22.6 Å². The van der Waals surface area contributed by atoms with Crippen LogP contribution in [-0.2, 0) is 25.9 Å². The van der Waals surface area contributed by atoms with Gasteiger partial charge < -0.3 is 19.7 Å². The van der Waals surface area contributed by atoms with Gasteiger partial charge in [-0.2, -0.15) is 4.37 Å². The molecule has 4 heterocycles. The summed E-state index contributed by atoms with van der Waals surface area (Å²) in [4.78, 5) is 13.7. The van der Waals surface area contributed by atoms with Gasteiger partial charge in [0.25, 0.3) is 0 Å². The first-order valence-corrected chi connectivity index (χ1v) is 11.0. The summed E-state index contributed by atoms with van der Waals surface area (Å²) >= 11 is 1.50. The lowest BCUT2D eigenvalue weighted by atomic mass is 10.2. The summed E-state index contributed by atoms with van der Waals surface area (Å²) in [5, 5.41) is 13.3. The van der Waals surface area contributed by atoms with Gasteiger partial charge in [0.2, 0.25) is 5.13 Å². The van der Waals surface area contributed by atoms with E-state index in [1.807, 2.05) is 7.05 Å². The largest absolute Gasteiger partial charge is 0.349 e. The lowest BCUT2D eigenvalue weighted by Crippen LogP contribution is -2.52. The van der Waals surface area contributed by atoms with Crippen molar-refractivity contribution in [3.05, 3.63) is 17.5 Å². The van der Waals surface area contributed by atoms with Gasteiger partial charge >= 0.3 is 0 Å². The average Bonchev–Trinajstić information content (AvgIpc) is 3.30. The number of aryl methyl sites for hydroxylation is 2. The zero-order chi connectivity index (χ0) is 19.3. The SMILES string of the molecule is CCc1nsc(N2CCN(C(=NC)NCc3nnc4n3CCCCC4)CC2)n1. The molecule has 2 aromatic heterocycles. The molecule has 0 radical (unpaired) electrons. The van der Waals surface area contributed by atoms with Gasteiger partial charge in [0.05, 0.1) is 6.54 Å². The van der Waals surface area contributed by atoms with Crippen molar-refractivity contribution in [2.24, 2.45) is 4.99 Å². The quantitative estimate of drug-likeness (QED) is 0.608. The molecule has 10 heteroatoms. The van der Waals surface area contributed by atoms with Gasteiger partial charge in [-0.15, -0.1) is 10.2 Å². The van der Waals surface area contributed by atoms with E-state index in [1.54, 1.807) is 0 Å². The van der Waals surface area contributed by atoms with Gasteiger partial charge in [-0.3, -0.25) is 4.99 Å².